The predicted molar refractivity (Wildman–Crippen MR) is 85.9 cm³/mol. The second-order valence-electron chi connectivity index (χ2n) is 6.50. The van der Waals surface area contributed by atoms with Crippen LogP contribution in [0.2, 0.25) is 0 Å². The highest BCUT2D eigenvalue weighted by Gasteiger charge is 2.26. The van der Waals surface area contributed by atoms with Gasteiger partial charge >= 0.3 is 11.8 Å². The lowest BCUT2D eigenvalue weighted by Crippen LogP contribution is -2.41. The summed E-state index contributed by atoms with van der Waals surface area (Å²) >= 11 is 0. The van der Waals surface area contributed by atoms with E-state index in [0.717, 1.165) is 12.8 Å². The van der Waals surface area contributed by atoms with Crippen molar-refractivity contribution in [3.8, 4) is 0 Å². The molecular weight excluding hydrogens is 298 g/mol. The molecule has 23 heavy (non-hydrogen) atoms. The molecule has 0 aliphatic carbocycles. The molecule has 1 aliphatic heterocycles. The van der Waals surface area contributed by atoms with Crippen LogP contribution >= 0.6 is 0 Å². The number of carbonyl (C=O) groups excluding carboxylic acids is 1. The number of carbonyl (C=O) groups is 1. The van der Waals surface area contributed by atoms with Gasteiger partial charge in [0.2, 0.25) is 0 Å². The number of aliphatic hydroxyl groups excluding tert-OH is 1. The average molecular weight is 325 g/mol. The lowest BCUT2D eigenvalue weighted by Gasteiger charge is -2.32. The zero-order valence-electron chi connectivity index (χ0n) is 14.4. The summed E-state index contributed by atoms with van der Waals surface area (Å²) in [6.07, 6.45) is 3.50. The summed E-state index contributed by atoms with van der Waals surface area (Å²) < 4.78 is 10.3. The van der Waals surface area contributed by atoms with E-state index < -0.39 is 11.9 Å². The summed E-state index contributed by atoms with van der Waals surface area (Å²) in [5.74, 6) is 0.249. The van der Waals surface area contributed by atoms with Crippen LogP contribution < -0.4 is 0 Å². The molecule has 130 valence electrons. The minimum absolute atomic E-state index is 0.0708. The highest BCUT2D eigenvalue weighted by molar-refractivity contribution is 5.92. The summed E-state index contributed by atoms with van der Waals surface area (Å²) in [4.78, 5) is 16.7. The van der Waals surface area contributed by atoms with Gasteiger partial charge in [-0.15, -0.1) is 0 Å². The Hall–Kier alpha value is -1.69. The van der Waals surface area contributed by atoms with Crippen molar-refractivity contribution >= 4 is 11.8 Å². The quantitative estimate of drug-likeness (QED) is 0.363. The van der Waals surface area contributed by atoms with Gasteiger partial charge in [0.25, 0.3) is 6.29 Å². The molecule has 1 N–H and O–H groups in total. The Kier molecular flexibility index (Phi) is 7.42. The molecule has 0 saturated carbocycles. The second-order valence-corrected chi connectivity index (χ2v) is 6.50. The van der Waals surface area contributed by atoms with Gasteiger partial charge in [-0.25, -0.2) is 4.79 Å². The van der Waals surface area contributed by atoms with Crippen molar-refractivity contribution in [1.29, 1.82) is 0 Å². The van der Waals surface area contributed by atoms with Gasteiger partial charge in [0.05, 0.1) is 0 Å². The van der Waals surface area contributed by atoms with Crippen molar-refractivity contribution in [3.63, 3.8) is 0 Å². The maximum atomic E-state index is 12.0. The maximum absolute atomic E-state index is 12.0. The predicted octanol–water partition coefficient (Wildman–Crippen LogP) is 2.22. The third kappa shape index (κ3) is 6.95. The van der Waals surface area contributed by atoms with Crippen LogP contribution in [0.3, 0.4) is 0 Å². The Labute approximate surface area is 137 Å². The molecule has 0 aromatic rings. The van der Waals surface area contributed by atoms with E-state index in [1.54, 1.807) is 17.9 Å². The molecule has 0 aromatic carbocycles. The average Bonchev–Trinajstić information content (AvgIpc) is 2.47. The lowest BCUT2D eigenvalue weighted by molar-refractivity contribution is -0.0891. The standard InChI is InChI=1S/C16H27N3O4/c1-5-22-14(20)13(18-17)7-6-12-8-10-19(11-9-12)15(21)23-16(2,3)4/h6-7,12,14,20H,5,8-11H2,1-4H3/b7-6+. The van der Waals surface area contributed by atoms with Crippen LogP contribution in [0.4, 0.5) is 4.79 Å². The molecule has 0 bridgehead atoms. The number of rotatable bonds is 5. The van der Waals surface area contributed by atoms with Gasteiger partial charge in [0.15, 0.2) is 0 Å². The summed E-state index contributed by atoms with van der Waals surface area (Å²) in [6.45, 7) is 8.84. The van der Waals surface area contributed by atoms with Crippen LogP contribution in [0.25, 0.3) is 5.53 Å². The van der Waals surface area contributed by atoms with E-state index in [4.69, 9.17) is 15.0 Å². The van der Waals surface area contributed by atoms with Gasteiger partial charge in [-0.3, -0.25) is 0 Å². The van der Waals surface area contributed by atoms with Crippen LogP contribution in [0.5, 0.6) is 0 Å². The molecule has 1 rings (SSSR count). The van der Waals surface area contributed by atoms with Crippen LogP contribution in [-0.4, -0.2) is 58.2 Å². The Morgan fingerprint density at radius 3 is 2.52 bits per heavy atom. The topological polar surface area (TPSA) is 95.4 Å². The first-order valence-corrected chi connectivity index (χ1v) is 7.94. The lowest BCUT2D eigenvalue weighted by atomic mass is 9.96. The van der Waals surface area contributed by atoms with Gasteiger partial charge in [0, 0.05) is 25.8 Å². The molecule has 0 aromatic heterocycles. The minimum atomic E-state index is -1.23. The fraction of sp³-hybridized carbons (Fsp3) is 0.750. The van der Waals surface area contributed by atoms with E-state index in [2.05, 4.69) is 4.79 Å². The second kappa shape index (κ2) is 8.82. The smallest absolute Gasteiger partial charge is 0.410 e. The molecule has 1 saturated heterocycles. The van der Waals surface area contributed by atoms with Crippen molar-refractivity contribution in [1.82, 2.24) is 4.90 Å². The number of hydrogen-bond acceptors (Lipinski definition) is 4. The molecule has 1 aliphatic rings. The monoisotopic (exact) mass is 325 g/mol. The number of aliphatic hydroxyl groups is 1. The number of nitrogens with zero attached hydrogens (tertiary/aromatic N) is 3. The fourth-order valence-corrected chi connectivity index (χ4v) is 2.24. The fourth-order valence-electron chi connectivity index (χ4n) is 2.24. The van der Waals surface area contributed by atoms with Crippen molar-refractivity contribution in [3.05, 3.63) is 17.7 Å². The minimum Gasteiger partial charge on any atom is -0.444 e. The zero-order valence-corrected chi connectivity index (χ0v) is 14.4. The Morgan fingerprint density at radius 1 is 1.43 bits per heavy atom. The first kappa shape index (κ1) is 19.4. The number of piperidine rings is 1. The van der Waals surface area contributed by atoms with Crippen molar-refractivity contribution in [2.24, 2.45) is 5.92 Å². The third-order valence-corrected chi connectivity index (χ3v) is 3.42. The molecular formula is C16H27N3O4. The van der Waals surface area contributed by atoms with E-state index >= 15 is 0 Å². The summed E-state index contributed by atoms with van der Waals surface area (Å²) in [5.41, 5.74) is 8.48. The highest BCUT2D eigenvalue weighted by Crippen LogP contribution is 2.20. The van der Waals surface area contributed by atoms with Gasteiger partial charge < -0.3 is 25.0 Å². The highest BCUT2D eigenvalue weighted by atomic mass is 16.6. The molecule has 1 heterocycles. The number of amides is 1. The summed E-state index contributed by atoms with van der Waals surface area (Å²) in [5, 5.41) is 9.63. The molecule has 1 unspecified atom stereocenters. The first-order chi connectivity index (χ1) is 10.8. The summed E-state index contributed by atoms with van der Waals surface area (Å²) in [7, 11) is 0. The van der Waals surface area contributed by atoms with Gasteiger partial charge in [-0.1, -0.05) is 6.08 Å². The third-order valence-electron chi connectivity index (χ3n) is 3.42. The number of ether oxygens (including phenoxy) is 2. The van der Waals surface area contributed by atoms with E-state index in [0.29, 0.717) is 19.7 Å². The van der Waals surface area contributed by atoms with Crippen LogP contribution in [0, 0.1) is 5.92 Å². The van der Waals surface area contributed by atoms with Crippen molar-refractivity contribution in [2.75, 3.05) is 19.7 Å². The molecule has 0 spiro atoms. The van der Waals surface area contributed by atoms with Gasteiger partial charge in [-0.2, -0.15) is 4.79 Å². The Morgan fingerprint density at radius 2 is 2.04 bits per heavy atom. The zero-order chi connectivity index (χ0) is 17.5. The van der Waals surface area contributed by atoms with Crippen molar-refractivity contribution in [2.45, 2.75) is 52.4 Å². The molecule has 0 radical (unpaired) electrons. The normalized spacial score (nSPS) is 17.9. The molecule has 1 atom stereocenters. The van der Waals surface area contributed by atoms with Crippen LogP contribution in [-0.2, 0) is 9.47 Å². The maximum Gasteiger partial charge on any atom is 0.410 e. The van der Waals surface area contributed by atoms with Crippen molar-refractivity contribution < 1.29 is 24.2 Å². The molecule has 1 amide bonds. The van der Waals surface area contributed by atoms with Crippen LogP contribution in [0.1, 0.15) is 40.5 Å². The Balaban J connectivity index is 2.49. The Bertz CT molecular complexity index is 470. The summed E-state index contributed by atoms with van der Waals surface area (Å²) in [6, 6.07) is 0. The number of likely N-dealkylation sites (tertiary alicyclic amines) is 1. The molecule has 7 nitrogen and oxygen atoms in total. The largest absolute Gasteiger partial charge is 0.444 e. The number of allylic oxidation sites excluding steroid dienone is 1. The van der Waals surface area contributed by atoms with Gasteiger partial charge in [0.1, 0.15) is 5.60 Å². The number of hydrogen-bond donors (Lipinski definition) is 1. The van der Waals surface area contributed by atoms with E-state index in [1.807, 2.05) is 26.8 Å². The van der Waals surface area contributed by atoms with E-state index in [-0.39, 0.29) is 17.7 Å². The molecule has 1 fully saturated rings. The van der Waals surface area contributed by atoms with Crippen LogP contribution in [0.15, 0.2) is 12.2 Å². The van der Waals surface area contributed by atoms with Gasteiger partial charge in [-0.05, 0) is 46.5 Å². The first-order valence-electron chi connectivity index (χ1n) is 7.94. The van der Waals surface area contributed by atoms with E-state index in [9.17, 15) is 9.90 Å². The van der Waals surface area contributed by atoms with E-state index in [1.165, 1.54) is 0 Å². The SMILES string of the molecule is CCOC(O)C(/C=C/C1CCN(C(=O)OC(C)(C)C)CC1)=[N+]=[N-]. The molecule has 7 heteroatoms.